The number of nitrogens with zero attached hydrogens (tertiary/aromatic N) is 2. The van der Waals surface area contributed by atoms with Crippen LogP contribution in [0, 0.1) is 5.92 Å². The van der Waals surface area contributed by atoms with Gasteiger partial charge in [0.1, 0.15) is 6.04 Å². The smallest absolute Gasteiger partial charge is 0.262 e. The summed E-state index contributed by atoms with van der Waals surface area (Å²) >= 11 is 1.38. The molecule has 1 N–H and O–H groups in total. The third-order valence-corrected chi connectivity index (χ3v) is 5.56. The Morgan fingerprint density at radius 1 is 1.08 bits per heavy atom. The molecule has 138 valence electrons. The number of para-hydroxylation sites is 2. The van der Waals surface area contributed by atoms with Crippen molar-refractivity contribution < 1.29 is 9.59 Å². The first kappa shape index (κ1) is 18.5. The van der Waals surface area contributed by atoms with E-state index in [0.29, 0.717) is 11.4 Å². The van der Waals surface area contributed by atoms with E-state index in [0.717, 1.165) is 24.3 Å². The van der Waals surface area contributed by atoms with Gasteiger partial charge in [-0.3, -0.25) is 9.59 Å². The zero-order valence-corrected chi connectivity index (χ0v) is 16.3. The number of fused-ring (bicyclic) bond motifs is 1. The van der Waals surface area contributed by atoms with Crippen LogP contribution in [0.1, 0.15) is 29.9 Å². The maximum Gasteiger partial charge on any atom is 0.262 e. The van der Waals surface area contributed by atoms with Crippen LogP contribution in [0.5, 0.6) is 0 Å². The lowest BCUT2D eigenvalue weighted by atomic mass is 10.0. The SMILES string of the molecule is CC(C)C(NC(=O)c1cccs1)C(=O)N1CCCN(C)c2ccccc21. The number of thiophene rings is 1. The summed E-state index contributed by atoms with van der Waals surface area (Å²) in [4.78, 5) is 30.5. The Labute approximate surface area is 158 Å². The van der Waals surface area contributed by atoms with Gasteiger partial charge < -0.3 is 15.1 Å². The first-order valence-electron chi connectivity index (χ1n) is 8.95. The number of hydrogen-bond donors (Lipinski definition) is 1. The predicted molar refractivity (Wildman–Crippen MR) is 107 cm³/mol. The van der Waals surface area contributed by atoms with Gasteiger partial charge in [0.15, 0.2) is 0 Å². The number of amides is 2. The monoisotopic (exact) mass is 371 g/mol. The average molecular weight is 372 g/mol. The van der Waals surface area contributed by atoms with Crippen molar-refractivity contribution in [3.63, 3.8) is 0 Å². The van der Waals surface area contributed by atoms with Crippen LogP contribution < -0.4 is 15.1 Å². The number of carbonyl (C=O) groups is 2. The van der Waals surface area contributed by atoms with Crippen molar-refractivity contribution in [3.8, 4) is 0 Å². The molecular weight excluding hydrogens is 346 g/mol. The van der Waals surface area contributed by atoms with E-state index < -0.39 is 6.04 Å². The van der Waals surface area contributed by atoms with Gasteiger partial charge in [0.25, 0.3) is 5.91 Å². The summed E-state index contributed by atoms with van der Waals surface area (Å²) in [6.45, 7) is 5.48. The van der Waals surface area contributed by atoms with Gasteiger partial charge in [-0.25, -0.2) is 0 Å². The van der Waals surface area contributed by atoms with Crippen LogP contribution in [0.3, 0.4) is 0 Å². The van der Waals surface area contributed by atoms with E-state index in [-0.39, 0.29) is 17.7 Å². The summed E-state index contributed by atoms with van der Waals surface area (Å²) in [6.07, 6.45) is 0.889. The van der Waals surface area contributed by atoms with E-state index in [4.69, 9.17) is 0 Å². The Hall–Kier alpha value is -2.34. The Morgan fingerprint density at radius 3 is 2.46 bits per heavy atom. The van der Waals surface area contributed by atoms with Crippen LogP contribution in [0.15, 0.2) is 41.8 Å². The van der Waals surface area contributed by atoms with Crippen molar-refractivity contribution in [2.75, 3.05) is 29.9 Å². The zero-order chi connectivity index (χ0) is 18.7. The van der Waals surface area contributed by atoms with Gasteiger partial charge in [0, 0.05) is 20.1 Å². The standard InChI is InChI=1S/C20H25N3O2S/c1-14(2)18(21-19(24)17-10-6-13-26-17)20(25)23-12-7-11-22(3)15-8-4-5-9-16(15)23/h4-6,8-10,13-14,18H,7,11-12H2,1-3H3,(H,21,24). The molecule has 2 amide bonds. The van der Waals surface area contributed by atoms with E-state index in [1.165, 1.54) is 11.3 Å². The summed E-state index contributed by atoms with van der Waals surface area (Å²) in [5.41, 5.74) is 1.96. The third kappa shape index (κ3) is 3.75. The molecule has 5 nitrogen and oxygen atoms in total. The Bertz CT molecular complexity index is 773. The fourth-order valence-corrected chi connectivity index (χ4v) is 3.88. The second-order valence-electron chi connectivity index (χ2n) is 6.93. The van der Waals surface area contributed by atoms with Crippen LogP contribution in [0.2, 0.25) is 0 Å². The molecule has 1 aromatic heterocycles. The summed E-state index contributed by atoms with van der Waals surface area (Å²) in [6, 6.07) is 11.0. The Kier molecular flexibility index (Phi) is 5.61. The summed E-state index contributed by atoms with van der Waals surface area (Å²) in [7, 11) is 2.05. The molecule has 0 saturated carbocycles. The third-order valence-electron chi connectivity index (χ3n) is 4.69. The number of benzene rings is 1. The lowest BCUT2D eigenvalue weighted by Gasteiger charge is -2.30. The molecule has 6 heteroatoms. The molecule has 26 heavy (non-hydrogen) atoms. The first-order chi connectivity index (χ1) is 12.5. The minimum atomic E-state index is -0.555. The van der Waals surface area contributed by atoms with Crippen LogP contribution >= 0.6 is 11.3 Å². The highest BCUT2D eigenvalue weighted by atomic mass is 32.1. The predicted octanol–water partition coefficient (Wildman–Crippen LogP) is 3.38. The second kappa shape index (κ2) is 7.91. The highest BCUT2D eigenvalue weighted by molar-refractivity contribution is 7.12. The number of hydrogen-bond acceptors (Lipinski definition) is 4. The molecule has 1 aliphatic rings. The van der Waals surface area contributed by atoms with E-state index in [1.807, 2.05) is 61.5 Å². The second-order valence-corrected chi connectivity index (χ2v) is 7.87. The van der Waals surface area contributed by atoms with E-state index in [2.05, 4.69) is 10.2 Å². The maximum absolute atomic E-state index is 13.4. The van der Waals surface area contributed by atoms with Crippen LogP contribution in [0.4, 0.5) is 11.4 Å². The highest BCUT2D eigenvalue weighted by Crippen LogP contribution is 2.32. The van der Waals surface area contributed by atoms with Crippen molar-refractivity contribution in [1.82, 2.24) is 5.32 Å². The molecule has 1 aromatic carbocycles. The number of carbonyl (C=O) groups excluding carboxylic acids is 2. The quantitative estimate of drug-likeness (QED) is 0.896. The molecule has 0 saturated heterocycles. The molecule has 2 aromatic rings. The fraction of sp³-hybridized carbons (Fsp3) is 0.400. The highest BCUT2D eigenvalue weighted by Gasteiger charge is 2.32. The summed E-state index contributed by atoms with van der Waals surface area (Å²) in [5.74, 6) is -0.237. The number of anilines is 2. The van der Waals surface area contributed by atoms with Crippen molar-refractivity contribution in [2.24, 2.45) is 5.92 Å². The molecular formula is C20H25N3O2S. The van der Waals surface area contributed by atoms with Gasteiger partial charge in [-0.1, -0.05) is 32.0 Å². The van der Waals surface area contributed by atoms with E-state index in [9.17, 15) is 9.59 Å². The summed E-state index contributed by atoms with van der Waals surface area (Å²) in [5, 5.41) is 4.81. The lowest BCUT2D eigenvalue weighted by molar-refractivity contribution is -0.121. The molecule has 0 spiro atoms. The van der Waals surface area contributed by atoms with Crippen molar-refractivity contribution >= 4 is 34.5 Å². The van der Waals surface area contributed by atoms with Gasteiger partial charge in [-0.05, 0) is 35.9 Å². The van der Waals surface area contributed by atoms with Crippen molar-refractivity contribution in [2.45, 2.75) is 26.3 Å². The Balaban J connectivity index is 1.87. The molecule has 0 bridgehead atoms. The molecule has 0 fully saturated rings. The molecule has 1 aliphatic heterocycles. The number of nitrogens with one attached hydrogen (secondary N) is 1. The Morgan fingerprint density at radius 2 is 1.81 bits per heavy atom. The first-order valence-corrected chi connectivity index (χ1v) is 9.83. The zero-order valence-electron chi connectivity index (χ0n) is 15.4. The van der Waals surface area contributed by atoms with E-state index in [1.54, 1.807) is 6.07 Å². The molecule has 1 atom stereocenters. The molecule has 0 radical (unpaired) electrons. The average Bonchev–Trinajstić information content (AvgIpc) is 3.11. The molecule has 3 rings (SSSR count). The normalized spacial score (nSPS) is 15.4. The largest absolute Gasteiger partial charge is 0.373 e. The van der Waals surface area contributed by atoms with Gasteiger partial charge in [0.2, 0.25) is 5.91 Å². The van der Waals surface area contributed by atoms with Crippen LogP contribution in [0.25, 0.3) is 0 Å². The fourth-order valence-electron chi connectivity index (χ4n) is 3.25. The van der Waals surface area contributed by atoms with Gasteiger partial charge >= 0.3 is 0 Å². The minimum absolute atomic E-state index is 0.000410. The van der Waals surface area contributed by atoms with E-state index >= 15 is 0 Å². The topological polar surface area (TPSA) is 52.7 Å². The van der Waals surface area contributed by atoms with Gasteiger partial charge in [-0.2, -0.15) is 0 Å². The van der Waals surface area contributed by atoms with Gasteiger partial charge in [-0.15, -0.1) is 11.3 Å². The minimum Gasteiger partial charge on any atom is -0.373 e. The summed E-state index contributed by atoms with van der Waals surface area (Å²) < 4.78 is 0. The lowest BCUT2D eigenvalue weighted by Crippen LogP contribution is -2.51. The molecule has 1 unspecified atom stereocenters. The molecule has 0 aliphatic carbocycles. The van der Waals surface area contributed by atoms with Crippen molar-refractivity contribution in [3.05, 3.63) is 46.7 Å². The van der Waals surface area contributed by atoms with Crippen LogP contribution in [-0.4, -0.2) is 38.0 Å². The van der Waals surface area contributed by atoms with Crippen molar-refractivity contribution in [1.29, 1.82) is 0 Å². The number of rotatable bonds is 4. The van der Waals surface area contributed by atoms with Crippen LogP contribution in [-0.2, 0) is 4.79 Å². The van der Waals surface area contributed by atoms with Gasteiger partial charge in [0.05, 0.1) is 16.3 Å². The molecule has 2 heterocycles. The maximum atomic E-state index is 13.4.